The van der Waals surface area contributed by atoms with Crippen LogP contribution < -0.4 is 4.90 Å². The van der Waals surface area contributed by atoms with Gasteiger partial charge in [0.15, 0.2) is 0 Å². The fraction of sp³-hybridized carbons (Fsp3) is 0.400. The number of amides is 1. The van der Waals surface area contributed by atoms with Crippen molar-refractivity contribution in [3.8, 4) is 0 Å². The van der Waals surface area contributed by atoms with Crippen LogP contribution in [0.3, 0.4) is 0 Å². The first-order chi connectivity index (χ1) is 17.2. The highest BCUT2D eigenvalue weighted by molar-refractivity contribution is 7.85. The van der Waals surface area contributed by atoms with Crippen LogP contribution >= 0.6 is 0 Å². The molecule has 198 valence electrons. The molecule has 1 saturated carbocycles. The number of likely N-dealkylation sites (N-methyl/N-ethyl adjacent to an activating group) is 1. The number of nitrogens with one attached hydrogen (secondary N) is 2. The highest BCUT2D eigenvalue weighted by Crippen LogP contribution is 2.50. The number of carbonyl (C=O) groups excluding carboxylic acids is 1. The highest BCUT2D eigenvalue weighted by atomic mass is 32.2. The average Bonchev–Trinajstić information content (AvgIpc) is 3.14. The number of alkyl halides is 3. The van der Waals surface area contributed by atoms with Gasteiger partial charge in [0.25, 0.3) is 16.0 Å². The van der Waals surface area contributed by atoms with E-state index in [0.717, 1.165) is 24.2 Å². The molecule has 4 rings (SSSR count). The quantitative estimate of drug-likeness (QED) is 0.307. The van der Waals surface area contributed by atoms with Crippen molar-refractivity contribution < 1.29 is 30.6 Å². The maximum absolute atomic E-state index is 13.9. The van der Waals surface area contributed by atoms with E-state index in [-0.39, 0.29) is 29.1 Å². The van der Waals surface area contributed by atoms with E-state index in [0.29, 0.717) is 24.4 Å². The van der Waals surface area contributed by atoms with Crippen molar-refractivity contribution in [3.05, 3.63) is 64.2 Å². The molecule has 0 radical (unpaired) electrons. The van der Waals surface area contributed by atoms with Gasteiger partial charge in [-0.15, -0.1) is 0 Å². The van der Waals surface area contributed by atoms with Crippen LogP contribution in [0.5, 0.6) is 0 Å². The first-order valence-corrected chi connectivity index (χ1v) is 13.3. The molecule has 2 aromatic rings. The monoisotopic (exact) mass is 536 g/mol. The molecule has 1 fully saturated rings. The Morgan fingerprint density at radius 2 is 1.95 bits per heavy atom. The van der Waals surface area contributed by atoms with Gasteiger partial charge in [-0.05, 0) is 59.7 Å². The molecule has 2 aromatic carbocycles. The van der Waals surface area contributed by atoms with Gasteiger partial charge in [0.05, 0.1) is 36.7 Å². The Morgan fingerprint density at radius 1 is 1.27 bits per heavy atom. The SMILES string of the molecule is CC1CC(C(=N)N(C)C=N)(c2cccc(N3Cc4c(cc(COS(C)(=O)=O)cc4C(F)(F)F)C3=O)c2)C1. The Balaban J connectivity index is 1.72. The summed E-state index contributed by atoms with van der Waals surface area (Å²) in [6.45, 7) is 1.13. The normalized spacial score (nSPS) is 21.4. The second-order valence-corrected chi connectivity index (χ2v) is 11.4. The van der Waals surface area contributed by atoms with E-state index in [1.807, 2.05) is 6.07 Å². The molecule has 1 amide bonds. The standard InChI is InChI=1S/C25H27F3N4O4S/c1-15-10-24(11-15,23(30)31(2)14-29)17-5-4-6-18(9-17)32-12-20-19(22(32)33)7-16(13-36-37(3,34)35)8-21(20)25(26,27)28/h4-9,14-15,29-30H,10-13H2,1-3H3. The largest absolute Gasteiger partial charge is 0.416 e. The van der Waals surface area contributed by atoms with Gasteiger partial charge in [0, 0.05) is 18.3 Å². The second kappa shape index (κ2) is 9.25. The van der Waals surface area contributed by atoms with Crippen LogP contribution in [0.4, 0.5) is 18.9 Å². The second-order valence-electron chi connectivity index (χ2n) is 9.76. The summed E-state index contributed by atoms with van der Waals surface area (Å²) in [6, 6.07) is 8.95. The van der Waals surface area contributed by atoms with Crippen molar-refractivity contribution in [1.82, 2.24) is 4.90 Å². The summed E-state index contributed by atoms with van der Waals surface area (Å²) in [4.78, 5) is 16.0. The Morgan fingerprint density at radius 3 is 2.51 bits per heavy atom. The van der Waals surface area contributed by atoms with Crippen molar-refractivity contribution in [2.75, 3.05) is 18.2 Å². The fourth-order valence-electron chi connectivity index (χ4n) is 5.26. The molecule has 2 N–H and O–H groups in total. The number of amidine groups is 1. The topological polar surface area (TPSA) is 115 Å². The molecule has 1 aliphatic carbocycles. The van der Waals surface area contributed by atoms with Crippen molar-refractivity contribution >= 4 is 33.9 Å². The van der Waals surface area contributed by atoms with Gasteiger partial charge < -0.3 is 9.80 Å². The van der Waals surface area contributed by atoms with E-state index in [9.17, 15) is 26.4 Å². The van der Waals surface area contributed by atoms with Crippen molar-refractivity contribution in [3.63, 3.8) is 0 Å². The summed E-state index contributed by atoms with van der Waals surface area (Å²) >= 11 is 0. The maximum atomic E-state index is 13.9. The zero-order valence-corrected chi connectivity index (χ0v) is 21.3. The molecule has 0 bridgehead atoms. The lowest BCUT2D eigenvalue weighted by Crippen LogP contribution is -2.52. The first-order valence-electron chi connectivity index (χ1n) is 11.5. The molecular weight excluding hydrogens is 509 g/mol. The summed E-state index contributed by atoms with van der Waals surface area (Å²) in [5.74, 6) is -0.0482. The average molecular weight is 537 g/mol. The molecule has 1 aliphatic heterocycles. The summed E-state index contributed by atoms with van der Waals surface area (Å²) in [6.07, 6.45) is -1.57. The summed E-state index contributed by atoms with van der Waals surface area (Å²) in [7, 11) is -2.28. The van der Waals surface area contributed by atoms with Crippen LogP contribution in [0.1, 0.15) is 52.4 Å². The van der Waals surface area contributed by atoms with Crippen LogP contribution in [-0.4, -0.2) is 44.7 Å². The number of hydrogen-bond donors (Lipinski definition) is 2. The summed E-state index contributed by atoms with van der Waals surface area (Å²) in [5, 5.41) is 16.2. The number of halogens is 3. The third-order valence-corrected chi connectivity index (χ3v) is 7.50. The molecule has 37 heavy (non-hydrogen) atoms. The predicted molar refractivity (Wildman–Crippen MR) is 132 cm³/mol. The summed E-state index contributed by atoms with van der Waals surface area (Å²) in [5.41, 5.74) is -0.947. The number of fused-ring (bicyclic) bond motifs is 1. The summed E-state index contributed by atoms with van der Waals surface area (Å²) < 4.78 is 69.1. The maximum Gasteiger partial charge on any atom is 0.416 e. The molecule has 0 atom stereocenters. The Bertz CT molecular complexity index is 1380. The molecule has 0 unspecified atom stereocenters. The van der Waals surface area contributed by atoms with E-state index >= 15 is 0 Å². The van der Waals surface area contributed by atoms with Crippen LogP contribution in [0, 0.1) is 16.7 Å². The minimum atomic E-state index is -4.76. The molecule has 12 heteroatoms. The number of anilines is 1. The van der Waals surface area contributed by atoms with Crippen LogP contribution in [-0.2, 0) is 39.0 Å². The van der Waals surface area contributed by atoms with E-state index in [1.165, 1.54) is 15.9 Å². The van der Waals surface area contributed by atoms with Gasteiger partial charge in [-0.2, -0.15) is 21.6 Å². The van der Waals surface area contributed by atoms with Gasteiger partial charge in [-0.25, -0.2) is 0 Å². The molecule has 0 aromatic heterocycles. The van der Waals surface area contributed by atoms with Crippen LogP contribution in [0.15, 0.2) is 36.4 Å². The van der Waals surface area contributed by atoms with Gasteiger partial charge in [0.1, 0.15) is 5.84 Å². The number of hydrogen-bond acceptors (Lipinski definition) is 6. The predicted octanol–water partition coefficient (Wildman–Crippen LogP) is 4.53. The highest BCUT2D eigenvalue weighted by Gasteiger charge is 2.48. The van der Waals surface area contributed by atoms with Crippen molar-refractivity contribution in [2.24, 2.45) is 5.92 Å². The van der Waals surface area contributed by atoms with E-state index in [1.54, 1.807) is 25.2 Å². The van der Waals surface area contributed by atoms with Gasteiger partial charge in [0.2, 0.25) is 0 Å². The van der Waals surface area contributed by atoms with Crippen LogP contribution in [0.25, 0.3) is 0 Å². The van der Waals surface area contributed by atoms with E-state index in [2.05, 4.69) is 11.1 Å². The Kier molecular flexibility index (Phi) is 6.70. The fourth-order valence-corrected chi connectivity index (χ4v) is 5.61. The third-order valence-electron chi connectivity index (χ3n) is 6.95. The van der Waals surface area contributed by atoms with Gasteiger partial charge in [-0.1, -0.05) is 19.1 Å². The molecule has 8 nitrogen and oxygen atoms in total. The molecule has 0 spiro atoms. The van der Waals surface area contributed by atoms with Crippen molar-refractivity contribution in [1.29, 1.82) is 10.8 Å². The van der Waals surface area contributed by atoms with Crippen molar-refractivity contribution in [2.45, 2.75) is 44.5 Å². The van der Waals surface area contributed by atoms with E-state index < -0.39 is 39.8 Å². The minimum Gasteiger partial charge on any atom is -0.324 e. The lowest BCUT2D eigenvalue weighted by molar-refractivity contribution is -0.138. The number of rotatable bonds is 7. The smallest absolute Gasteiger partial charge is 0.324 e. The molecule has 0 saturated heterocycles. The van der Waals surface area contributed by atoms with Gasteiger partial charge in [-0.3, -0.25) is 19.8 Å². The molecule has 1 heterocycles. The zero-order valence-electron chi connectivity index (χ0n) is 20.5. The molecular formula is C25H27F3N4O4S. The Labute approximate surface area is 213 Å². The number of benzene rings is 2. The third kappa shape index (κ3) is 4.99. The molecule has 2 aliphatic rings. The van der Waals surface area contributed by atoms with Crippen LogP contribution in [0.2, 0.25) is 0 Å². The van der Waals surface area contributed by atoms with Gasteiger partial charge >= 0.3 is 6.18 Å². The number of carbonyl (C=O) groups is 1. The zero-order chi connectivity index (χ0) is 27.3. The number of nitrogens with zero attached hydrogens (tertiary/aromatic N) is 2. The first kappa shape index (κ1) is 26.8. The van der Waals surface area contributed by atoms with E-state index in [4.69, 9.17) is 10.8 Å². The lowest BCUT2D eigenvalue weighted by Gasteiger charge is -2.48. The minimum absolute atomic E-state index is 0.0778. The lowest BCUT2D eigenvalue weighted by atomic mass is 9.58. The Hall–Kier alpha value is -3.25.